The highest BCUT2D eigenvalue weighted by Gasteiger charge is 2.24. The number of carbonyl (C=O) groups is 1. The molecule has 0 aliphatic carbocycles. The fraction of sp³-hybridized carbons (Fsp3) is 0.250. The summed E-state index contributed by atoms with van der Waals surface area (Å²) in [5.41, 5.74) is 10.0. The van der Waals surface area contributed by atoms with Crippen LogP contribution in [0.15, 0.2) is 79.0 Å². The number of likely N-dealkylation sites (tertiary alicyclic amines) is 1. The van der Waals surface area contributed by atoms with Crippen molar-refractivity contribution >= 4 is 34.9 Å². The minimum Gasteiger partial charge on any atom is -0.482 e. The molecule has 1 unspecified atom stereocenters. The number of benzene rings is 3. The minimum atomic E-state index is -0.674. The summed E-state index contributed by atoms with van der Waals surface area (Å²) in [6.45, 7) is 3.24. The predicted molar refractivity (Wildman–Crippen MR) is 158 cm³/mol. The lowest BCUT2D eigenvalue weighted by molar-refractivity contribution is 0.0690. The summed E-state index contributed by atoms with van der Waals surface area (Å²) in [5, 5.41) is 0.200. The molecule has 1 aromatic heterocycles. The van der Waals surface area contributed by atoms with E-state index >= 15 is 0 Å². The van der Waals surface area contributed by atoms with E-state index in [9.17, 15) is 9.18 Å². The Morgan fingerprint density at radius 2 is 1.75 bits per heavy atom. The first-order valence-electron chi connectivity index (χ1n) is 13.3. The van der Waals surface area contributed by atoms with Crippen molar-refractivity contribution in [3.8, 4) is 16.9 Å². The Hall–Kier alpha value is -3.61. The predicted octanol–water partition coefficient (Wildman–Crippen LogP) is 8.01. The van der Waals surface area contributed by atoms with Crippen LogP contribution in [0.2, 0.25) is 10.0 Å². The van der Waals surface area contributed by atoms with Crippen molar-refractivity contribution in [3.63, 3.8) is 0 Å². The fourth-order valence-electron chi connectivity index (χ4n) is 5.15. The van der Waals surface area contributed by atoms with Crippen LogP contribution in [-0.2, 0) is 6.42 Å². The van der Waals surface area contributed by atoms with Crippen LogP contribution in [0.1, 0.15) is 47.4 Å². The molecule has 0 radical (unpaired) electrons. The molecule has 1 amide bonds. The van der Waals surface area contributed by atoms with E-state index < -0.39 is 11.9 Å². The summed E-state index contributed by atoms with van der Waals surface area (Å²) in [7, 11) is 0. The van der Waals surface area contributed by atoms with Gasteiger partial charge in [0.25, 0.3) is 5.91 Å². The van der Waals surface area contributed by atoms with Crippen LogP contribution >= 0.6 is 23.2 Å². The average Bonchev–Trinajstić information content (AvgIpc) is 2.97. The number of nitrogens with two attached hydrogens (primary N) is 1. The van der Waals surface area contributed by atoms with E-state index in [1.165, 1.54) is 17.7 Å². The standard InChI is InChI=1S/C32H30Cl2FN3O2/c1-20(29-26(33)11-12-27(35)30(29)34)40-28-18-25(19-37-31(28)36)23-7-9-24(10-8-23)32(39)38-15-13-22(14-16-38)17-21-5-3-2-4-6-21/h2-12,18-20,22H,13-17H2,1H3,(H2,36,37). The lowest BCUT2D eigenvalue weighted by atomic mass is 9.90. The molecule has 1 aliphatic heterocycles. The zero-order chi connectivity index (χ0) is 28.2. The summed E-state index contributed by atoms with van der Waals surface area (Å²) in [5.74, 6) is 0.560. The second-order valence-electron chi connectivity index (χ2n) is 10.1. The van der Waals surface area contributed by atoms with Gasteiger partial charge < -0.3 is 15.4 Å². The van der Waals surface area contributed by atoms with Gasteiger partial charge in [-0.3, -0.25) is 4.79 Å². The average molecular weight is 579 g/mol. The van der Waals surface area contributed by atoms with E-state index in [0.717, 1.165) is 43.5 Å². The van der Waals surface area contributed by atoms with Gasteiger partial charge in [-0.1, -0.05) is 65.7 Å². The molecule has 0 bridgehead atoms. The number of rotatable bonds is 7. The van der Waals surface area contributed by atoms with Crippen LogP contribution in [0.5, 0.6) is 5.75 Å². The summed E-state index contributed by atoms with van der Waals surface area (Å²) in [6.07, 6.45) is 4.03. The molecule has 0 saturated carbocycles. The van der Waals surface area contributed by atoms with E-state index in [0.29, 0.717) is 27.8 Å². The highest BCUT2D eigenvalue weighted by molar-refractivity contribution is 6.36. The van der Waals surface area contributed by atoms with Gasteiger partial charge in [0.1, 0.15) is 11.9 Å². The highest BCUT2D eigenvalue weighted by atomic mass is 35.5. The van der Waals surface area contributed by atoms with E-state index in [2.05, 4.69) is 29.2 Å². The molecule has 5 nitrogen and oxygen atoms in total. The Morgan fingerprint density at radius 1 is 1.05 bits per heavy atom. The number of ether oxygens (including phenoxy) is 1. The first-order valence-corrected chi connectivity index (χ1v) is 14.0. The maximum atomic E-state index is 14.0. The molecular weight excluding hydrogens is 548 g/mol. The van der Waals surface area contributed by atoms with Crippen molar-refractivity contribution in [3.05, 3.63) is 112 Å². The number of hydrogen-bond donors (Lipinski definition) is 1. The second kappa shape index (κ2) is 12.3. The van der Waals surface area contributed by atoms with E-state index in [1.54, 1.807) is 19.2 Å². The molecule has 206 valence electrons. The molecule has 0 spiro atoms. The Labute approximate surface area is 243 Å². The molecule has 5 rings (SSSR count). The van der Waals surface area contributed by atoms with Crippen LogP contribution in [0, 0.1) is 11.7 Å². The SMILES string of the molecule is CC(Oc1cc(-c2ccc(C(=O)N3CCC(Cc4ccccc4)CC3)cc2)cnc1N)c1c(Cl)ccc(F)c1Cl. The summed E-state index contributed by atoms with van der Waals surface area (Å²) in [6, 6.07) is 22.4. The lowest BCUT2D eigenvalue weighted by Crippen LogP contribution is -2.38. The van der Waals surface area contributed by atoms with E-state index in [-0.39, 0.29) is 16.7 Å². The van der Waals surface area contributed by atoms with Gasteiger partial charge in [-0.25, -0.2) is 9.37 Å². The molecule has 2 heterocycles. The maximum absolute atomic E-state index is 14.0. The molecule has 1 aliphatic rings. The monoisotopic (exact) mass is 577 g/mol. The molecule has 3 aromatic carbocycles. The van der Waals surface area contributed by atoms with Crippen molar-refractivity contribution in [1.82, 2.24) is 9.88 Å². The molecule has 40 heavy (non-hydrogen) atoms. The van der Waals surface area contributed by atoms with Crippen LogP contribution in [-0.4, -0.2) is 28.9 Å². The molecule has 8 heteroatoms. The van der Waals surface area contributed by atoms with Gasteiger partial charge in [-0.2, -0.15) is 0 Å². The number of nitrogen functional groups attached to an aromatic ring is 1. The number of carbonyl (C=O) groups excluding carboxylic acids is 1. The van der Waals surface area contributed by atoms with Crippen molar-refractivity contribution < 1.29 is 13.9 Å². The molecule has 1 atom stereocenters. The number of nitrogens with zero attached hydrogens (tertiary/aromatic N) is 2. The molecule has 1 fully saturated rings. The first-order chi connectivity index (χ1) is 19.3. The van der Waals surface area contributed by atoms with E-state index in [4.69, 9.17) is 33.7 Å². The van der Waals surface area contributed by atoms with Gasteiger partial charge in [-0.15, -0.1) is 0 Å². The summed E-state index contributed by atoms with van der Waals surface area (Å²) < 4.78 is 20.0. The number of halogens is 3. The molecule has 1 saturated heterocycles. The van der Waals surface area contributed by atoms with Gasteiger partial charge >= 0.3 is 0 Å². The summed E-state index contributed by atoms with van der Waals surface area (Å²) in [4.78, 5) is 19.4. The van der Waals surface area contributed by atoms with Crippen LogP contribution in [0.25, 0.3) is 11.1 Å². The van der Waals surface area contributed by atoms with Gasteiger partial charge in [0.05, 0.1) is 5.02 Å². The number of hydrogen-bond acceptors (Lipinski definition) is 4. The zero-order valence-electron chi connectivity index (χ0n) is 22.1. The number of aromatic nitrogens is 1. The lowest BCUT2D eigenvalue weighted by Gasteiger charge is -2.32. The van der Waals surface area contributed by atoms with Crippen LogP contribution in [0.3, 0.4) is 0 Å². The molecule has 4 aromatic rings. The molecule has 2 N–H and O–H groups in total. The van der Waals surface area contributed by atoms with Gasteiger partial charge in [0.15, 0.2) is 11.6 Å². The number of anilines is 1. The number of piperidine rings is 1. The Balaban J connectivity index is 1.24. The fourth-order valence-corrected chi connectivity index (χ4v) is 5.83. The van der Waals surface area contributed by atoms with E-state index in [1.807, 2.05) is 35.2 Å². The Bertz CT molecular complexity index is 1490. The minimum absolute atomic E-state index is 0.0434. The van der Waals surface area contributed by atoms with Gasteiger partial charge in [-0.05, 0) is 73.6 Å². The third-order valence-electron chi connectivity index (χ3n) is 7.41. The normalized spacial score (nSPS) is 14.7. The first kappa shape index (κ1) is 27.9. The van der Waals surface area contributed by atoms with Crippen molar-refractivity contribution in [2.75, 3.05) is 18.8 Å². The van der Waals surface area contributed by atoms with Crippen molar-refractivity contribution in [1.29, 1.82) is 0 Å². The third kappa shape index (κ3) is 6.24. The van der Waals surface area contributed by atoms with Crippen LogP contribution < -0.4 is 10.5 Å². The van der Waals surface area contributed by atoms with Gasteiger partial charge in [0.2, 0.25) is 0 Å². The maximum Gasteiger partial charge on any atom is 0.253 e. The quantitative estimate of drug-likeness (QED) is 0.226. The number of pyridine rings is 1. The highest BCUT2D eigenvalue weighted by Crippen LogP contribution is 2.37. The third-order valence-corrected chi connectivity index (χ3v) is 8.12. The topological polar surface area (TPSA) is 68.5 Å². The number of amides is 1. The van der Waals surface area contributed by atoms with Crippen LogP contribution in [0.4, 0.5) is 10.2 Å². The Morgan fingerprint density at radius 3 is 2.45 bits per heavy atom. The molecular formula is C32H30Cl2FN3O2. The van der Waals surface area contributed by atoms with Crippen molar-refractivity contribution in [2.24, 2.45) is 5.92 Å². The second-order valence-corrected chi connectivity index (χ2v) is 10.9. The van der Waals surface area contributed by atoms with Gasteiger partial charge in [0, 0.05) is 41.0 Å². The Kier molecular flexibility index (Phi) is 8.57. The zero-order valence-corrected chi connectivity index (χ0v) is 23.6. The smallest absolute Gasteiger partial charge is 0.253 e. The largest absolute Gasteiger partial charge is 0.482 e. The van der Waals surface area contributed by atoms with Crippen molar-refractivity contribution in [2.45, 2.75) is 32.3 Å². The summed E-state index contributed by atoms with van der Waals surface area (Å²) >= 11 is 12.4.